The summed E-state index contributed by atoms with van der Waals surface area (Å²) >= 11 is 0. The quantitative estimate of drug-likeness (QED) is 0.686. The van der Waals surface area contributed by atoms with Crippen LogP contribution in [0.5, 0.6) is 0 Å². The molecule has 0 radical (unpaired) electrons. The van der Waals surface area contributed by atoms with Crippen molar-refractivity contribution in [3.8, 4) is 22.6 Å². The molecule has 2 nitrogen and oxygen atoms in total. The van der Waals surface area contributed by atoms with Gasteiger partial charge in [0, 0.05) is 23.3 Å². The summed E-state index contributed by atoms with van der Waals surface area (Å²) in [5, 5.41) is 0. The van der Waals surface area contributed by atoms with Gasteiger partial charge in [-0.15, -0.1) is 0 Å². The first-order valence-electron chi connectivity index (χ1n) is 6.09. The van der Waals surface area contributed by atoms with Crippen molar-refractivity contribution in [2.45, 2.75) is 0 Å². The van der Waals surface area contributed by atoms with E-state index in [4.69, 9.17) is 4.42 Å². The molecule has 0 spiro atoms. The van der Waals surface area contributed by atoms with Crippen LogP contribution in [0.4, 0.5) is 0 Å². The molecule has 0 amide bonds. The largest absolute Gasteiger partial charge is 0.456 e. The van der Waals surface area contributed by atoms with Crippen LogP contribution in [0.3, 0.4) is 0 Å². The fraction of sp³-hybridized carbons (Fsp3) is 0. The molecule has 3 rings (SSSR count). The van der Waals surface area contributed by atoms with Gasteiger partial charge in [-0.05, 0) is 0 Å². The molecule has 0 aliphatic carbocycles. The lowest BCUT2D eigenvalue weighted by Crippen LogP contribution is -1.98. The minimum absolute atomic E-state index is 0.0519. The Labute approximate surface area is 111 Å². The van der Waals surface area contributed by atoms with E-state index in [9.17, 15) is 4.79 Å². The van der Waals surface area contributed by atoms with Crippen molar-refractivity contribution in [1.82, 2.24) is 0 Å². The summed E-state index contributed by atoms with van der Waals surface area (Å²) in [5.41, 5.74) is 1.75. The molecule has 0 aliphatic rings. The van der Waals surface area contributed by atoms with E-state index in [0.717, 1.165) is 11.1 Å². The maximum absolute atomic E-state index is 11.8. The van der Waals surface area contributed by atoms with Crippen molar-refractivity contribution < 1.29 is 4.42 Å². The van der Waals surface area contributed by atoms with Crippen molar-refractivity contribution in [3.63, 3.8) is 0 Å². The monoisotopic (exact) mass is 248 g/mol. The standard InChI is InChI=1S/C17H12O2/c18-15-11-16(13-7-3-1-4-8-13)19-17(12-15)14-9-5-2-6-10-14/h1-12H. The molecule has 0 saturated carbocycles. The maximum atomic E-state index is 11.8. The molecule has 1 heterocycles. The highest BCUT2D eigenvalue weighted by atomic mass is 16.3. The number of benzene rings is 2. The SMILES string of the molecule is O=c1cc(-c2ccccc2)oc(-c2ccccc2)c1. The summed E-state index contributed by atoms with van der Waals surface area (Å²) in [5.74, 6) is 1.18. The Bertz CT molecular complexity index is 667. The van der Waals surface area contributed by atoms with Crippen LogP contribution in [0.25, 0.3) is 22.6 Å². The third-order valence-corrected chi connectivity index (χ3v) is 2.88. The Balaban J connectivity index is 2.15. The van der Waals surface area contributed by atoms with Gasteiger partial charge in [0.2, 0.25) is 0 Å². The van der Waals surface area contributed by atoms with Crippen molar-refractivity contribution in [2.75, 3.05) is 0 Å². The van der Waals surface area contributed by atoms with Crippen molar-refractivity contribution >= 4 is 0 Å². The van der Waals surface area contributed by atoms with Crippen LogP contribution in [0.1, 0.15) is 0 Å². The van der Waals surface area contributed by atoms with Gasteiger partial charge < -0.3 is 4.42 Å². The number of hydrogen-bond donors (Lipinski definition) is 0. The molecule has 2 aromatic carbocycles. The molecule has 2 heteroatoms. The van der Waals surface area contributed by atoms with Gasteiger partial charge in [0.15, 0.2) is 5.43 Å². The molecule has 0 bridgehead atoms. The van der Waals surface area contributed by atoms with Crippen LogP contribution in [0.2, 0.25) is 0 Å². The van der Waals surface area contributed by atoms with Gasteiger partial charge in [-0.1, -0.05) is 60.7 Å². The summed E-state index contributed by atoms with van der Waals surface area (Å²) in [6.45, 7) is 0. The minimum Gasteiger partial charge on any atom is -0.456 e. The average molecular weight is 248 g/mol. The highest BCUT2D eigenvalue weighted by Gasteiger charge is 2.06. The van der Waals surface area contributed by atoms with Crippen LogP contribution in [0.15, 0.2) is 82.0 Å². The van der Waals surface area contributed by atoms with Gasteiger partial charge in [0.05, 0.1) is 0 Å². The predicted octanol–water partition coefficient (Wildman–Crippen LogP) is 3.97. The first-order chi connectivity index (χ1) is 9.33. The summed E-state index contributed by atoms with van der Waals surface area (Å²) in [7, 11) is 0. The molecular formula is C17H12O2. The molecule has 0 saturated heterocycles. The third kappa shape index (κ3) is 2.47. The topological polar surface area (TPSA) is 30.2 Å². The van der Waals surface area contributed by atoms with Gasteiger partial charge in [-0.2, -0.15) is 0 Å². The lowest BCUT2D eigenvalue weighted by Gasteiger charge is -2.04. The van der Waals surface area contributed by atoms with E-state index in [1.165, 1.54) is 12.1 Å². The Morgan fingerprint density at radius 1 is 0.632 bits per heavy atom. The van der Waals surface area contributed by atoms with Gasteiger partial charge >= 0.3 is 0 Å². The van der Waals surface area contributed by atoms with E-state index in [2.05, 4.69) is 0 Å². The Hall–Kier alpha value is -2.61. The Morgan fingerprint density at radius 2 is 1.05 bits per heavy atom. The average Bonchev–Trinajstić information content (AvgIpc) is 2.48. The number of rotatable bonds is 2. The second kappa shape index (κ2) is 4.94. The van der Waals surface area contributed by atoms with Crippen molar-refractivity contribution in [3.05, 3.63) is 83.0 Å². The fourth-order valence-electron chi connectivity index (χ4n) is 1.97. The van der Waals surface area contributed by atoms with E-state index in [0.29, 0.717) is 11.5 Å². The number of hydrogen-bond acceptors (Lipinski definition) is 2. The first-order valence-corrected chi connectivity index (χ1v) is 6.09. The van der Waals surface area contributed by atoms with Crippen molar-refractivity contribution in [2.24, 2.45) is 0 Å². The van der Waals surface area contributed by atoms with Crippen LogP contribution in [-0.2, 0) is 0 Å². The maximum Gasteiger partial charge on any atom is 0.186 e. The first kappa shape index (κ1) is 11.5. The summed E-state index contributed by atoms with van der Waals surface area (Å²) in [6.07, 6.45) is 0. The molecule has 92 valence electrons. The van der Waals surface area contributed by atoms with E-state index in [-0.39, 0.29) is 5.43 Å². The van der Waals surface area contributed by atoms with Crippen molar-refractivity contribution in [1.29, 1.82) is 0 Å². The van der Waals surface area contributed by atoms with Crippen LogP contribution < -0.4 is 5.43 Å². The molecule has 19 heavy (non-hydrogen) atoms. The molecule has 3 aromatic rings. The lowest BCUT2D eigenvalue weighted by atomic mass is 10.1. The normalized spacial score (nSPS) is 10.3. The van der Waals surface area contributed by atoms with Gasteiger partial charge in [-0.3, -0.25) is 4.79 Å². The Kier molecular flexibility index (Phi) is 2.99. The van der Waals surface area contributed by atoms with Gasteiger partial charge in [0.1, 0.15) is 11.5 Å². The molecule has 0 aliphatic heterocycles. The van der Waals surface area contributed by atoms with Crippen LogP contribution >= 0.6 is 0 Å². The zero-order valence-electron chi connectivity index (χ0n) is 10.2. The van der Waals surface area contributed by atoms with E-state index < -0.39 is 0 Å². The second-order valence-corrected chi connectivity index (χ2v) is 4.25. The molecular weight excluding hydrogens is 236 g/mol. The second-order valence-electron chi connectivity index (χ2n) is 4.25. The van der Waals surface area contributed by atoms with Gasteiger partial charge in [0.25, 0.3) is 0 Å². The zero-order chi connectivity index (χ0) is 13.1. The smallest absolute Gasteiger partial charge is 0.186 e. The summed E-state index contributed by atoms with van der Waals surface area (Å²) < 4.78 is 5.83. The summed E-state index contributed by atoms with van der Waals surface area (Å²) in [4.78, 5) is 11.8. The highest BCUT2D eigenvalue weighted by Crippen LogP contribution is 2.24. The molecule has 1 aromatic heterocycles. The Morgan fingerprint density at radius 3 is 1.47 bits per heavy atom. The predicted molar refractivity (Wildman–Crippen MR) is 75.9 cm³/mol. The highest BCUT2D eigenvalue weighted by molar-refractivity contribution is 5.62. The van der Waals surface area contributed by atoms with E-state index >= 15 is 0 Å². The lowest BCUT2D eigenvalue weighted by molar-refractivity contribution is 0.580. The zero-order valence-corrected chi connectivity index (χ0v) is 10.2. The third-order valence-electron chi connectivity index (χ3n) is 2.88. The fourth-order valence-corrected chi connectivity index (χ4v) is 1.97. The van der Waals surface area contributed by atoms with Gasteiger partial charge in [-0.25, -0.2) is 0 Å². The summed E-state index contributed by atoms with van der Waals surface area (Å²) in [6, 6.07) is 22.3. The van der Waals surface area contributed by atoms with Crippen LogP contribution in [-0.4, -0.2) is 0 Å². The van der Waals surface area contributed by atoms with E-state index in [1.807, 2.05) is 60.7 Å². The van der Waals surface area contributed by atoms with E-state index in [1.54, 1.807) is 0 Å². The van der Waals surface area contributed by atoms with Crippen LogP contribution in [0, 0.1) is 0 Å². The molecule has 0 fully saturated rings. The minimum atomic E-state index is -0.0519. The molecule has 0 N–H and O–H groups in total. The molecule has 0 unspecified atom stereocenters. The molecule has 0 atom stereocenters.